The molecule has 0 aliphatic carbocycles. The van der Waals surface area contributed by atoms with Crippen LogP contribution in [0.5, 0.6) is 0 Å². The fraction of sp³-hybridized carbons (Fsp3) is 0. The molecule has 0 N–H and O–H groups in total. The molecule has 0 amide bonds. The highest BCUT2D eigenvalue weighted by Crippen LogP contribution is 2.50. The fourth-order valence-corrected chi connectivity index (χ4v) is 8.88. The van der Waals surface area contributed by atoms with Crippen LogP contribution >= 0.6 is 0 Å². The molecule has 0 fully saturated rings. The molecular formula is C58H39NO. The van der Waals surface area contributed by atoms with Crippen LogP contribution in [0.25, 0.3) is 88.3 Å². The lowest BCUT2D eigenvalue weighted by Crippen LogP contribution is -2.11. The third-order valence-electron chi connectivity index (χ3n) is 11.7. The summed E-state index contributed by atoms with van der Waals surface area (Å²) < 4.78 is 6.78. The highest BCUT2D eigenvalue weighted by molar-refractivity contribution is 6.11. The normalized spacial score (nSPS) is 11.3. The minimum atomic E-state index is 0.847. The van der Waals surface area contributed by atoms with Gasteiger partial charge in [0.15, 0.2) is 5.58 Å². The van der Waals surface area contributed by atoms with Crippen molar-refractivity contribution in [3.05, 3.63) is 237 Å². The summed E-state index contributed by atoms with van der Waals surface area (Å²) in [5.41, 5.74) is 16.5. The monoisotopic (exact) mass is 765 g/mol. The summed E-state index contributed by atoms with van der Waals surface area (Å²) in [5, 5.41) is 4.65. The van der Waals surface area contributed by atoms with Crippen LogP contribution in [-0.2, 0) is 0 Å². The van der Waals surface area contributed by atoms with E-state index in [2.05, 4.69) is 235 Å². The molecule has 1 heterocycles. The molecule has 60 heavy (non-hydrogen) atoms. The van der Waals surface area contributed by atoms with Gasteiger partial charge in [0.25, 0.3) is 0 Å². The molecule has 0 spiro atoms. The standard InChI is InChI=1S/C58H39NO/c1-3-18-42(19-4-1)47-23-9-10-26-51(47)57-48(43-20-5-2-6-21-43)27-15-28-52(57)49-24-11-13-30-54(49)59(55-31-16-29-53-50-25-12-14-32-56(50)60-58(53)55)46-37-35-41(36-38-46)45-34-33-40-17-7-8-22-44(40)39-45/h1-39H. The Morgan fingerprint density at radius 2 is 0.850 bits per heavy atom. The molecule has 11 rings (SSSR count). The van der Waals surface area contributed by atoms with E-state index in [4.69, 9.17) is 4.42 Å². The van der Waals surface area contributed by atoms with Crippen molar-refractivity contribution in [1.82, 2.24) is 0 Å². The summed E-state index contributed by atoms with van der Waals surface area (Å²) in [7, 11) is 0. The van der Waals surface area contributed by atoms with Gasteiger partial charge in [0.1, 0.15) is 5.58 Å². The maximum Gasteiger partial charge on any atom is 0.159 e. The summed E-state index contributed by atoms with van der Waals surface area (Å²) in [6, 6.07) is 84.9. The predicted molar refractivity (Wildman–Crippen MR) is 253 cm³/mol. The van der Waals surface area contributed by atoms with Gasteiger partial charge in [-0.25, -0.2) is 0 Å². The number of benzene rings is 10. The van der Waals surface area contributed by atoms with Crippen molar-refractivity contribution in [1.29, 1.82) is 0 Å². The van der Waals surface area contributed by atoms with Crippen LogP contribution in [0.1, 0.15) is 0 Å². The van der Waals surface area contributed by atoms with Crippen LogP contribution in [0.15, 0.2) is 241 Å². The molecular weight excluding hydrogens is 727 g/mol. The number of furan rings is 1. The lowest BCUT2D eigenvalue weighted by Gasteiger charge is -2.29. The third-order valence-corrected chi connectivity index (χ3v) is 11.7. The number of nitrogens with zero attached hydrogens (tertiary/aromatic N) is 1. The second-order valence-electron chi connectivity index (χ2n) is 15.2. The van der Waals surface area contributed by atoms with Crippen LogP contribution in [-0.4, -0.2) is 0 Å². The Morgan fingerprint density at radius 1 is 0.300 bits per heavy atom. The van der Waals surface area contributed by atoms with Crippen molar-refractivity contribution in [2.45, 2.75) is 0 Å². The van der Waals surface area contributed by atoms with Gasteiger partial charge in [-0.3, -0.25) is 0 Å². The van der Waals surface area contributed by atoms with Crippen molar-refractivity contribution in [3.8, 4) is 55.6 Å². The van der Waals surface area contributed by atoms with Gasteiger partial charge in [0.05, 0.1) is 11.4 Å². The van der Waals surface area contributed by atoms with Crippen molar-refractivity contribution >= 4 is 49.8 Å². The average Bonchev–Trinajstić information content (AvgIpc) is 3.72. The zero-order valence-electron chi connectivity index (χ0n) is 32.9. The quantitative estimate of drug-likeness (QED) is 0.153. The van der Waals surface area contributed by atoms with Crippen LogP contribution < -0.4 is 4.90 Å². The van der Waals surface area contributed by atoms with Crippen molar-refractivity contribution in [2.75, 3.05) is 4.90 Å². The highest BCUT2D eigenvalue weighted by Gasteiger charge is 2.25. The molecule has 0 saturated heterocycles. The van der Waals surface area contributed by atoms with Crippen LogP contribution in [0.3, 0.4) is 0 Å². The van der Waals surface area contributed by atoms with E-state index in [1.165, 1.54) is 49.7 Å². The van der Waals surface area contributed by atoms with E-state index in [9.17, 15) is 0 Å². The highest BCUT2D eigenvalue weighted by atomic mass is 16.3. The molecule has 1 aromatic heterocycles. The molecule has 2 heteroatoms. The van der Waals surface area contributed by atoms with E-state index in [-0.39, 0.29) is 0 Å². The number of rotatable bonds is 8. The van der Waals surface area contributed by atoms with E-state index in [0.717, 1.165) is 55.7 Å². The zero-order valence-corrected chi connectivity index (χ0v) is 32.9. The first-order valence-corrected chi connectivity index (χ1v) is 20.5. The number of hydrogen-bond donors (Lipinski definition) is 0. The number of para-hydroxylation sites is 3. The largest absolute Gasteiger partial charge is 0.454 e. The van der Waals surface area contributed by atoms with Gasteiger partial charge in [-0.1, -0.05) is 200 Å². The Bertz CT molecular complexity index is 3310. The second kappa shape index (κ2) is 15.1. The maximum atomic E-state index is 6.78. The molecule has 2 nitrogen and oxygen atoms in total. The molecule has 0 radical (unpaired) electrons. The van der Waals surface area contributed by atoms with Crippen LogP contribution in [0, 0.1) is 0 Å². The lowest BCUT2D eigenvalue weighted by molar-refractivity contribution is 0.669. The van der Waals surface area contributed by atoms with Crippen molar-refractivity contribution < 1.29 is 4.42 Å². The Morgan fingerprint density at radius 3 is 1.65 bits per heavy atom. The smallest absolute Gasteiger partial charge is 0.159 e. The topological polar surface area (TPSA) is 16.4 Å². The van der Waals surface area contributed by atoms with Crippen molar-refractivity contribution in [3.63, 3.8) is 0 Å². The Balaban J connectivity index is 1.16. The first-order chi connectivity index (χ1) is 29.8. The lowest BCUT2D eigenvalue weighted by atomic mass is 9.84. The molecule has 282 valence electrons. The number of anilines is 3. The van der Waals surface area contributed by atoms with E-state index < -0.39 is 0 Å². The van der Waals surface area contributed by atoms with Gasteiger partial charge in [-0.05, 0) is 97.2 Å². The minimum Gasteiger partial charge on any atom is -0.454 e. The van der Waals surface area contributed by atoms with Gasteiger partial charge >= 0.3 is 0 Å². The minimum absolute atomic E-state index is 0.847. The van der Waals surface area contributed by atoms with E-state index >= 15 is 0 Å². The van der Waals surface area contributed by atoms with E-state index in [1.54, 1.807) is 0 Å². The molecule has 0 unspecified atom stereocenters. The predicted octanol–water partition coefficient (Wildman–Crippen LogP) is 16.5. The molecule has 0 saturated carbocycles. The molecule has 0 atom stereocenters. The third kappa shape index (κ3) is 6.23. The molecule has 0 aliphatic rings. The van der Waals surface area contributed by atoms with Crippen LogP contribution in [0.4, 0.5) is 17.1 Å². The zero-order chi connectivity index (χ0) is 39.8. The van der Waals surface area contributed by atoms with E-state index in [1.807, 2.05) is 6.07 Å². The Kier molecular flexibility index (Phi) is 8.87. The number of hydrogen-bond acceptors (Lipinski definition) is 2. The van der Waals surface area contributed by atoms with Crippen LogP contribution in [0.2, 0.25) is 0 Å². The second-order valence-corrected chi connectivity index (χ2v) is 15.2. The Labute approximate surface area is 349 Å². The maximum absolute atomic E-state index is 6.78. The molecule has 0 aliphatic heterocycles. The first-order valence-electron chi connectivity index (χ1n) is 20.5. The van der Waals surface area contributed by atoms with Gasteiger partial charge in [0.2, 0.25) is 0 Å². The van der Waals surface area contributed by atoms with Gasteiger partial charge in [0, 0.05) is 22.0 Å². The Hall–Kier alpha value is -7.94. The SMILES string of the molecule is c1ccc(-c2ccccc2-c2c(-c3ccccc3)cccc2-c2ccccc2N(c2ccc(-c3ccc4ccccc4c3)cc2)c2cccc3c2oc2ccccc23)cc1. The summed E-state index contributed by atoms with van der Waals surface area (Å²) in [6.45, 7) is 0. The van der Waals surface area contributed by atoms with E-state index in [0.29, 0.717) is 0 Å². The summed E-state index contributed by atoms with van der Waals surface area (Å²) in [6.07, 6.45) is 0. The summed E-state index contributed by atoms with van der Waals surface area (Å²) >= 11 is 0. The molecule has 10 aromatic carbocycles. The number of fused-ring (bicyclic) bond motifs is 4. The molecule has 11 aromatic rings. The van der Waals surface area contributed by atoms with Gasteiger partial charge in [-0.2, -0.15) is 0 Å². The average molecular weight is 766 g/mol. The van der Waals surface area contributed by atoms with Gasteiger partial charge in [-0.15, -0.1) is 0 Å². The fourth-order valence-electron chi connectivity index (χ4n) is 8.88. The summed E-state index contributed by atoms with van der Waals surface area (Å²) in [4.78, 5) is 2.38. The summed E-state index contributed by atoms with van der Waals surface area (Å²) in [5.74, 6) is 0. The molecule has 0 bridgehead atoms. The van der Waals surface area contributed by atoms with Gasteiger partial charge < -0.3 is 9.32 Å². The van der Waals surface area contributed by atoms with Crippen molar-refractivity contribution in [2.24, 2.45) is 0 Å². The first kappa shape index (κ1) is 35.2.